The topological polar surface area (TPSA) is 118 Å². The lowest BCUT2D eigenvalue weighted by Crippen LogP contribution is -2.51. The number of hydrogen-bond acceptors (Lipinski definition) is 3. The second-order valence-electron chi connectivity index (χ2n) is 4.73. The number of primary amides is 1. The smallest absolute Gasteiger partial charge is 0.321 e. The van der Waals surface area contributed by atoms with Gasteiger partial charge < -0.3 is 15.9 Å². The first-order valence-electron chi connectivity index (χ1n) is 4.94. The Morgan fingerprint density at radius 3 is 1.81 bits per heavy atom. The molecule has 0 aromatic heterocycles. The molecule has 1 aliphatic carbocycles. The van der Waals surface area contributed by atoms with E-state index in [1.54, 1.807) is 0 Å². The Kier molecular flexibility index (Phi) is 2.70. The summed E-state index contributed by atoms with van der Waals surface area (Å²) in [7, 11) is 0. The average Bonchev–Trinajstić information content (AvgIpc) is 2.36. The van der Waals surface area contributed by atoms with Gasteiger partial charge in [0, 0.05) is 11.3 Å². The number of carbonyl (C=O) groups is 3. The van der Waals surface area contributed by atoms with Gasteiger partial charge >= 0.3 is 11.9 Å². The first-order chi connectivity index (χ1) is 7.18. The third-order valence-electron chi connectivity index (χ3n) is 3.85. The number of nitrogens with two attached hydrogens (primary N) is 1. The van der Waals surface area contributed by atoms with Crippen molar-refractivity contribution in [2.45, 2.75) is 26.7 Å². The summed E-state index contributed by atoms with van der Waals surface area (Å²) in [5, 5.41) is 18.3. The van der Waals surface area contributed by atoms with Gasteiger partial charge in [0.1, 0.15) is 0 Å². The molecule has 0 aromatic carbocycles. The third kappa shape index (κ3) is 1.29. The third-order valence-corrected chi connectivity index (χ3v) is 3.85. The van der Waals surface area contributed by atoms with Crippen molar-refractivity contribution in [3.8, 4) is 0 Å². The molecule has 6 nitrogen and oxygen atoms in total. The summed E-state index contributed by atoms with van der Waals surface area (Å²) in [6.45, 7) is 2.94. The van der Waals surface area contributed by atoms with Gasteiger partial charge in [0.05, 0.1) is 0 Å². The van der Waals surface area contributed by atoms with Crippen molar-refractivity contribution in [1.29, 1.82) is 0 Å². The number of aliphatic carboxylic acids is 2. The molecule has 6 heteroatoms. The minimum Gasteiger partial charge on any atom is -0.480 e. The largest absolute Gasteiger partial charge is 0.480 e. The van der Waals surface area contributed by atoms with Crippen LogP contribution >= 0.6 is 0 Å². The molecule has 1 rings (SSSR count). The first kappa shape index (κ1) is 12.5. The number of amides is 1. The Morgan fingerprint density at radius 1 is 1.19 bits per heavy atom. The minimum absolute atomic E-state index is 0.0712. The predicted molar refractivity (Wildman–Crippen MR) is 53.4 cm³/mol. The van der Waals surface area contributed by atoms with Crippen molar-refractivity contribution < 1.29 is 24.6 Å². The molecule has 0 saturated heterocycles. The van der Waals surface area contributed by atoms with E-state index in [0.29, 0.717) is 0 Å². The van der Waals surface area contributed by atoms with E-state index >= 15 is 0 Å². The van der Waals surface area contributed by atoms with Crippen LogP contribution in [0, 0.1) is 16.7 Å². The van der Waals surface area contributed by atoms with Crippen LogP contribution in [-0.2, 0) is 14.4 Å². The zero-order valence-electron chi connectivity index (χ0n) is 9.19. The summed E-state index contributed by atoms with van der Waals surface area (Å²) in [5.41, 5.74) is 2.06. The van der Waals surface area contributed by atoms with Crippen molar-refractivity contribution in [1.82, 2.24) is 0 Å². The number of carboxylic acids is 2. The predicted octanol–water partition coefficient (Wildman–Crippen LogP) is 0.0635. The van der Waals surface area contributed by atoms with Crippen LogP contribution in [0.15, 0.2) is 0 Å². The molecule has 0 aliphatic heterocycles. The van der Waals surface area contributed by atoms with Gasteiger partial charge in [-0.3, -0.25) is 14.4 Å². The molecule has 16 heavy (non-hydrogen) atoms. The van der Waals surface area contributed by atoms with Crippen LogP contribution in [0.25, 0.3) is 0 Å². The highest BCUT2D eigenvalue weighted by molar-refractivity contribution is 6.01. The molecule has 0 aromatic rings. The number of hydrogen-bond donors (Lipinski definition) is 3. The standard InChI is InChI=1S/C10H15NO5/c1-9(2)5(6(11)12)3-4-10(9,7(13)14)8(15)16/h5H,3-4H2,1-2H3,(H2,11,12)(H,13,14)(H,15,16). The molecular formula is C10H15NO5. The van der Waals surface area contributed by atoms with Gasteiger partial charge in [-0.15, -0.1) is 0 Å². The van der Waals surface area contributed by atoms with E-state index in [4.69, 9.17) is 15.9 Å². The van der Waals surface area contributed by atoms with Gasteiger partial charge in [0.15, 0.2) is 5.41 Å². The van der Waals surface area contributed by atoms with Gasteiger partial charge in [-0.2, -0.15) is 0 Å². The lowest BCUT2D eigenvalue weighted by molar-refractivity contribution is -0.173. The van der Waals surface area contributed by atoms with Crippen molar-refractivity contribution in [2.24, 2.45) is 22.5 Å². The fourth-order valence-corrected chi connectivity index (χ4v) is 2.70. The molecule has 1 amide bonds. The molecule has 1 unspecified atom stereocenters. The SMILES string of the molecule is CC1(C)C(C(N)=O)CCC1(C(=O)O)C(=O)O. The van der Waals surface area contributed by atoms with E-state index in [0.717, 1.165) is 0 Å². The lowest BCUT2D eigenvalue weighted by Gasteiger charge is -2.36. The fraction of sp³-hybridized carbons (Fsp3) is 0.700. The Morgan fingerprint density at radius 2 is 1.62 bits per heavy atom. The van der Waals surface area contributed by atoms with Crippen LogP contribution in [0.2, 0.25) is 0 Å². The lowest BCUT2D eigenvalue weighted by atomic mass is 9.64. The molecule has 90 valence electrons. The normalized spacial score (nSPS) is 26.2. The number of carboxylic acid groups (broad SMARTS) is 2. The Labute approximate surface area is 92.4 Å². The van der Waals surface area contributed by atoms with Crippen LogP contribution in [0.4, 0.5) is 0 Å². The second-order valence-corrected chi connectivity index (χ2v) is 4.73. The molecule has 0 spiro atoms. The van der Waals surface area contributed by atoms with Gasteiger partial charge in [-0.1, -0.05) is 13.8 Å². The van der Waals surface area contributed by atoms with Crippen LogP contribution in [-0.4, -0.2) is 28.1 Å². The highest BCUT2D eigenvalue weighted by Gasteiger charge is 2.65. The Balaban J connectivity index is 3.31. The molecule has 4 N–H and O–H groups in total. The highest BCUT2D eigenvalue weighted by atomic mass is 16.4. The maximum Gasteiger partial charge on any atom is 0.321 e. The van der Waals surface area contributed by atoms with Crippen molar-refractivity contribution in [2.75, 3.05) is 0 Å². The maximum atomic E-state index is 11.2. The molecule has 0 bridgehead atoms. The van der Waals surface area contributed by atoms with Gasteiger partial charge in [-0.05, 0) is 12.8 Å². The van der Waals surface area contributed by atoms with Gasteiger partial charge in [0.25, 0.3) is 0 Å². The van der Waals surface area contributed by atoms with Crippen molar-refractivity contribution >= 4 is 17.8 Å². The summed E-state index contributed by atoms with van der Waals surface area (Å²) in [6.07, 6.45) is 0.124. The molecule has 0 radical (unpaired) electrons. The Hall–Kier alpha value is -1.59. The molecule has 1 fully saturated rings. The summed E-state index contributed by atoms with van der Waals surface area (Å²) in [5.74, 6) is -4.18. The highest BCUT2D eigenvalue weighted by Crippen LogP contribution is 2.56. The van der Waals surface area contributed by atoms with E-state index in [1.165, 1.54) is 13.8 Å². The first-order valence-corrected chi connectivity index (χ1v) is 4.94. The molecule has 1 atom stereocenters. The fourth-order valence-electron chi connectivity index (χ4n) is 2.70. The van der Waals surface area contributed by atoms with E-state index < -0.39 is 34.6 Å². The van der Waals surface area contributed by atoms with Gasteiger partial charge in [-0.25, -0.2) is 0 Å². The minimum atomic E-state index is -1.92. The monoisotopic (exact) mass is 229 g/mol. The maximum absolute atomic E-state index is 11.2. The summed E-state index contributed by atoms with van der Waals surface area (Å²) in [6, 6.07) is 0. The van der Waals surface area contributed by atoms with Crippen molar-refractivity contribution in [3.05, 3.63) is 0 Å². The number of rotatable bonds is 3. The summed E-state index contributed by atoms with van der Waals surface area (Å²) in [4.78, 5) is 33.6. The molecule has 1 saturated carbocycles. The molecule has 0 heterocycles. The molecular weight excluding hydrogens is 214 g/mol. The quantitative estimate of drug-likeness (QED) is 0.591. The zero-order chi connectivity index (χ0) is 12.7. The van der Waals surface area contributed by atoms with Gasteiger partial charge in [0.2, 0.25) is 5.91 Å². The second kappa shape index (κ2) is 3.47. The van der Waals surface area contributed by atoms with E-state index in [9.17, 15) is 14.4 Å². The average molecular weight is 229 g/mol. The van der Waals surface area contributed by atoms with E-state index in [-0.39, 0.29) is 12.8 Å². The van der Waals surface area contributed by atoms with Crippen molar-refractivity contribution in [3.63, 3.8) is 0 Å². The Bertz CT molecular complexity index is 346. The molecule has 1 aliphatic rings. The van der Waals surface area contributed by atoms with E-state index in [2.05, 4.69) is 0 Å². The van der Waals surface area contributed by atoms with E-state index in [1.807, 2.05) is 0 Å². The van der Waals surface area contributed by atoms with Crippen LogP contribution < -0.4 is 5.73 Å². The zero-order valence-corrected chi connectivity index (χ0v) is 9.19. The van der Waals surface area contributed by atoms with Crippen LogP contribution in [0.5, 0.6) is 0 Å². The summed E-state index contributed by atoms with van der Waals surface area (Å²) < 4.78 is 0. The summed E-state index contributed by atoms with van der Waals surface area (Å²) >= 11 is 0. The van der Waals surface area contributed by atoms with Crippen LogP contribution in [0.3, 0.4) is 0 Å². The number of carbonyl (C=O) groups excluding carboxylic acids is 1. The van der Waals surface area contributed by atoms with Crippen LogP contribution in [0.1, 0.15) is 26.7 Å².